The molecule has 0 aliphatic heterocycles. The van der Waals surface area contributed by atoms with Gasteiger partial charge in [-0.2, -0.15) is 0 Å². The van der Waals surface area contributed by atoms with Gasteiger partial charge in [0, 0.05) is 6.54 Å². The van der Waals surface area contributed by atoms with Crippen LogP contribution in [0.2, 0.25) is 0 Å². The maximum atomic E-state index is 5.22. The molecule has 0 amide bonds. The second-order valence-corrected chi connectivity index (χ2v) is 4.22. The van der Waals surface area contributed by atoms with Gasteiger partial charge in [0.25, 0.3) is 0 Å². The number of rotatable bonds is 5. The first-order chi connectivity index (χ1) is 8.33. The van der Waals surface area contributed by atoms with Gasteiger partial charge in [-0.25, -0.2) is 0 Å². The minimum absolute atomic E-state index is 0.911. The average Bonchev–Trinajstić information content (AvgIpc) is 2.38. The molecule has 2 aromatic rings. The molecule has 0 bridgehead atoms. The molecule has 0 heterocycles. The number of benzene rings is 2. The van der Waals surface area contributed by atoms with Gasteiger partial charge in [0.15, 0.2) is 0 Å². The molecule has 2 aromatic carbocycles. The molecule has 0 unspecified atom stereocenters. The van der Waals surface area contributed by atoms with Crippen molar-refractivity contribution in [2.75, 3.05) is 13.7 Å². The highest BCUT2D eigenvalue weighted by Gasteiger charge is 1.98. The molecule has 0 fully saturated rings. The molecule has 17 heavy (non-hydrogen) atoms. The Balaban J connectivity index is 2.19. The van der Waals surface area contributed by atoms with Gasteiger partial charge in [0.05, 0.1) is 7.11 Å². The van der Waals surface area contributed by atoms with E-state index in [0.29, 0.717) is 0 Å². The number of nitrogens with one attached hydrogen (secondary N) is 1. The van der Waals surface area contributed by atoms with Crippen LogP contribution in [0.3, 0.4) is 0 Å². The first kappa shape index (κ1) is 11.9. The van der Waals surface area contributed by atoms with Crippen LogP contribution in [-0.4, -0.2) is 13.7 Å². The highest BCUT2D eigenvalue weighted by atomic mass is 16.5. The van der Waals surface area contributed by atoms with Crippen LogP contribution in [-0.2, 0) is 6.54 Å². The molecule has 0 saturated heterocycles. The van der Waals surface area contributed by atoms with Crippen LogP contribution in [0, 0.1) is 0 Å². The summed E-state index contributed by atoms with van der Waals surface area (Å²) < 4.78 is 5.22. The zero-order valence-electron chi connectivity index (χ0n) is 10.5. The Hall–Kier alpha value is -1.54. The van der Waals surface area contributed by atoms with E-state index in [4.69, 9.17) is 4.74 Å². The molecule has 90 valence electrons. The molecule has 1 N–H and O–H groups in total. The predicted octanol–water partition coefficient (Wildman–Crippen LogP) is 3.35. The fourth-order valence-electron chi connectivity index (χ4n) is 1.92. The highest BCUT2D eigenvalue weighted by molar-refractivity contribution is 5.84. The molecular formula is C15H19NO. The summed E-state index contributed by atoms with van der Waals surface area (Å²) in [6, 6.07) is 12.7. The van der Waals surface area contributed by atoms with Crippen molar-refractivity contribution >= 4 is 10.8 Å². The lowest BCUT2D eigenvalue weighted by atomic mass is 10.1. The zero-order chi connectivity index (χ0) is 12.1. The summed E-state index contributed by atoms with van der Waals surface area (Å²) in [5.41, 5.74) is 1.33. The molecule has 0 aliphatic carbocycles. The lowest BCUT2D eigenvalue weighted by molar-refractivity contribution is 0.415. The minimum Gasteiger partial charge on any atom is -0.497 e. The number of ether oxygens (including phenoxy) is 1. The normalized spacial score (nSPS) is 10.7. The Kier molecular flexibility index (Phi) is 3.99. The van der Waals surface area contributed by atoms with Crippen molar-refractivity contribution in [1.29, 1.82) is 0 Å². The van der Waals surface area contributed by atoms with Crippen molar-refractivity contribution in [3.05, 3.63) is 42.0 Å². The van der Waals surface area contributed by atoms with Crippen LogP contribution in [0.4, 0.5) is 0 Å². The van der Waals surface area contributed by atoms with Gasteiger partial charge in [-0.3, -0.25) is 0 Å². The van der Waals surface area contributed by atoms with Crippen LogP contribution < -0.4 is 10.1 Å². The largest absolute Gasteiger partial charge is 0.497 e. The molecule has 0 atom stereocenters. The molecule has 0 aromatic heterocycles. The van der Waals surface area contributed by atoms with Crippen LogP contribution in [0.25, 0.3) is 10.8 Å². The summed E-state index contributed by atoms with van der Waals surface area (Å²) in [6.45, 7) is 4.19. The Labute approximate surface area is 103 Å². The number of hydrogen-bond acceptors (Lipinski definition) is 2. The van der Waals surface area contributed by atoms with E-state index in [2.05, 4.69) is 42.6 Å². The van der Waals surface area contributed by atoms with Gasteiger partial charge >= 0.3 is 0 Å². The van der Waals surface area contributed by atoms with E-state index in [1.807, 2.05) is 6.07 Å². The summed E-state index contributed by atoms with van der Waals surface area (Å²) in [5, 5.41) is 5.90. The second-order valence-electron chi connectivity index (χ2n) is 4.22. The quantitative estimate of drug-likeness (QED) is 0.794. The number of hydrogen-bond donors (Lipinski definition) is 1. The maximum Gasteiger partial charge on any atom is 0.119 e. The third-order valence-corrected chi connectivity index (χ3v) is 2.87. The molecule has 0 spiro atoms. The zero-order valence-corrected chi connectivity index (χ0v) is 10.5. The standard InChI is InChI=1S/C15H19NO/c1-3-8-16-11-12-4-5-14-10-15(17-2)7-6-13(14)9-12/h4-7,9-10,16H,3,8,11H2,1-2H3. The smallest absolute Gasteiger partial charge is 0.119 e. The van der Waals surface area contributed by atoms with Gasteiger partial charge in [0.1, 0.15) is 5.75 Å². The van der Waals surface area contributed by atoms with E-state index < -0.39 is 0 Å². The van der Waals surface area contributed by atoms with Crippen molar-refractivity contribution < 1.29 is 4.74 Å². The molecule has 0 saturated carbocycles. The topological polar surface area (TPSA) is 21.3 Å². The van der Waals surface area contributed by atoms with Crippen LogP contribution in [0.1, 0.15) is 18.9 Å². The van der Waals surface area contributed by atoms with Crippen molar-refractivity contribution in [1.82, 2.24) is 5.32 Å². The Morgan fingerprint density at radius 3 is 2.59 bits per heavy atom. The monoisotopic (exact) mass is 229 g/mol. The molecule has 0 aliphatic rings. The first-order valence-electron chi connectivity index (χ1n) is 6.11. The van der Waals surface area contributed by atoms with Crippen molar-refractivity contribution in [2.24, 2.45) is 0 Å². The average molecular weight is 229 g/mol. The van der Waals surface area contributed by atoms with E-state index >= 15 is 0 Å². The van der Waals surface area contributed by atoms with Crippen molar-refractivity contribution in [3.63, 3.8) is 0 Å². The summed E-state index contributed by atoms with van der Waals surface area (Å²) >= 11 is 0. The van der Waals surface area contributed by atoms with Gasteiger partial charge in [-0.15, -0.1) is 0 Å². The van der Waals surface area contributed by atoms with E-state index in [-0.39, 0.29) is 0 Å². The van der Waals surface area contributed by atoms with E-state index in [0.717, 1.165) is 18.8 Å². The Morgan fingerprint density at radius 1 is 1.06 bits per heavy atom. The Morgan fingerprint density at radius 2 is 1.82 bits per heavy atom. The Bertz CT molecular complexity index is 493. The maximum absolute atomic E-state index is 5.22. The van der Waals surface area contributed by atoms with Crippen LogP contribution in [0.5, 0.6) is 5.75 Å². The second kappa shape index (κ2) is 5.69. The first-order valence-corrected chi connectivity index (χ1v) is 6.11. The third-order valence-electron chi connectivity index (χ3n) is 2.87. The minimum atomic E-state index is 0.911. The summed E-state index contributed by atoms with van der Waals surface area (Å²) in [5.74, 6) is 0.911. The lowest BCUT2D eigenvalue weighted by Crippen LogP contribution is -2.13. The highest BCUT2D eigenvalue weighted by Crippen LogP contribution is 2.21. The summed E-state index contributed by atoms with van der Waals surface area (Å²) in [6.07, 6.45) is 1.17. The van der Waals surface area contributed by atoms with Gasteiger partial charge in [-0.1, -0.05) is 25.1 Å². The molecule has 2 rings (SSSR count). The molecule has 2 nitrogen and oxygen atoms in total. The molecule has 2 heteroatoms. The molecule has 0 radical (unpaired) electrons. The van der Waals surface area contributed by atoms with E-state index in [1.165, 1.54) is 22.8 Å². The van der Waals surface area contributed by atoms with Crippen molar-refractivity contribution in [3.8, 4) is 5.75 Å². The predicted molar refractivity (Wildman–Crippen MR) is 72.5 cm³/mol. The summed E-state index contributed by atoms with van der Waals surface area (Å²) in [7, 11) is 1.70. The summed E-state index contributed by atoms with van der Waals surface area (Å²) in [4.78, 5) is 0. The lowest BCUT2D eigenvalue weighted by Gasteiger charge is -2.06. The van der Waals surface area contributed by atoms with Gasteiger partial charge in [0.2, 0.25) is 0 Å². The molecular weight excluding hydrogens is 210 g/mol. The number of methoxy groups -OCH3 is 1. The van der Waals surface area contributed by atoms with Crippen molar-refractivity contribution in [2.45, 2.75) is 19.9 Å². The number of fused-ring (bicyclic) bond motifs is 1. The van der Waals surface area contributed by atoms with E-state index in [1.54, 1.807) is 7.11 Å². The van der Waals surface area contributed by atoms with Gasteiger partial charge in [-0.05, 0) is 47.5 Å². The van der Waals surface area contributed by atoms with Gasteiger partial charge < -0.3 is 10.1 Å². The fraction of sp³-hybridized carbons (Fsp3) is 0.333. The fourth-order valence-corrected chi connectivity index (χ4v) is 1.92. The third kappa shape index (κ3) is 2.98. The van der Waals surface area contributed by atoms with E-state index in [9.17, 15) is 0 Å². The van der Waals surface area contributed by atoms with Crippen LogP contribution in [0.15, 0.2) is 36.4 Å². The van der Waals surface area contributed by atoms with Crippen LogP contribution >= 0.6 is 0 Å². The SMILES string of the molecule is CCCNCc1ccc2cc(OC)ccc2c1.